The molecule has 7 heteroatoms. The average molecular weight is 311 g/mol. The molecule has 0 aliphatic rings. The fourth-order valence-corrected chi connectivity index (χ4v) is 1.88. The number of phenolic OH excluding ortho intramolecular Hbond substituents is 1. The Morgan fingerprint density at radius 3 is 2.89 bits per heavy atom. The van der Waals surface area contributed by atoms with Gasteiger partial charge in [0.1, 0.15) is 5.82 Å². The first-order valence-corrected chi connectivity index (χ1v) is 5.81. The van der Waals surface area contributed by atoms with E-state index in [9.17, 15) is 5.11 Å². The highest BCUT2D eigenvalue weighted by atomic mass is 79.9. The van der Waals surface area contributed by atoms with E-state index < -0.39 is 0 Å². The van der Waals surface area contributed by atoms with Gasteiger partial charge in [-0.3, -0.25) is 0 Å². The van der Waals surface area contributed by atoms with Gasteiger partial charge < -0.3 is 15.3 Å². The van der Waals surface area contributed by atoms with Crippen LogP contribution in [0.1, 0.15) is 0 Å². The summed E-state index contributed by atoms with van der Waals surface area (Å²) in [5, 5.41) is 9.72. The van der Waals surface area contributed by atoms with Gasteiger partial charge in [-0.25, -0.2) is 15.8 Å². The van der Waals surface area contributed by atoms with Gasteiger partial charge in [-0.05, 0) is 28.1 Å². The molecule has 0 spiro atoms. The van der Waals surface area contributed by atoms with Crippen LogP contribution in [0.4, 0.5) is 5.82 Å². The Bertz CT molecular complexity index is 577. The van der Waals surface area contributed by atoms with Crippen LogP contribution >= 0.6 is 15.9 Å². The maximum atomic E-state index is 9.72. The molecule has 0 aliphatic carbocycles. The number of aromatic nitrogens is 2. The number of nitrogens with one attached hydrogen (secondary N) is 1. The van der Waals surface area contributed by atoms with E-state index in [0.717, 1.165) is 0 Å². The molecule has 1 aromatic carbocycles. The van der Waals surface area contributed by atoms with Crippen LogP contribution in [0.2, 0.25) is 0 Å². The first-order chi connectivity index (χ1) is 8.65. The molecule has 0 saturated heterocycles. The normalized spacial score (nSPS) is 10.2. The maximum Gasteiger partial charge on any atom is 0.172 e. The van der Waals surface area contributed by atoms with Crippen LogP contribution in [0.3, 0.4) is 0 Å². The second-order valence-corrected chi connectivity index (χ2v) is 4.27. The molecule has 0 fully saturated rings. The Labute approximate surface area is 112 Å². The molecular formula is C11H11BrN4O2. The fraction of sp³-hybridized carbons (Fsp3) is 0.0909. The number of anilines is 1. The van der Waals surface area contributed by atoms with Crippen molar-refractivity contribution in [2.75, 3.05) is 12.5 Å². The predicted octanol–water partition coefficient (Wildman–Crippen LogP) is 1.91. The van der Waals surface area contributed by atoms with Crippen LogP contribution in [0.15, 0.2) is 28.9 Å². The summed E-state index contributed by atoms with van der Waals surface area (Å²) in [6.07, 6.45) is 1.59. The number of aromatic hydroxyl groups is 1. The van der Waals surface area contributed by atoms with E-state index in [0.29, 0.717) is 27.4 Å². The van der Waals surface area contributed by atoms with Gasteiger partial charge in [0.15, 0.2) is 17.3 Å². The zero-order chi connectivity index (χ0) is 13.1. The standard InChI is InChI=1S/C11H11BrN4O2/c1-18-8-5-6(4-7(12)10(8)17)11-14-3-2-9(15-11)16-13/h2-5,17H,13H2,1H3,(H,14,15,16). The van der Waals surface area contributed by atoms with Crippen molar-refractivity contribution < 1.29 is 9.84 Å². The van der Waals surface area contributed by atoms with Crippen LogP contribution < -0.4 is 16.0 Å². The molecule has 18 heavy (non-hydrogen) atoms. The topological polar surface area (TPSA) is 93.3 Å². The van der Waals surface area contributed by atoms with Gasteiger partial charge in [0.05, 0.1) is 11.6 Å². The molecule has 0 unspecified atom stereocenters. The molecule has 1 aromatic heterocycles. The summed E-state index contributed by atoms with van der Waals surface area (Å²) in [6.45, 7) is 0. The lowest BCUT2D eigenvalue weighted by atomic mass is 10.2. The third-order valence-corrected chi connectivity index (χ3v) is 2.91. The minimum absolute atomic E-state index is 0.0364. The maximum absolute atomic E-state index is 9.72. The van der Waals surface area contributed by atoms with Crippen molar-refractivity contribution in [3.63, 3.8) is 0 Å². The number of halogens is 1. The number of nitrogens with two attached hydrogens (primary N) is 1. The number of benzene rings is 1. The van der Waals surface area contributed by atoms with Gasteiger partial charge in [0.2, 0.25) is 0 Å². The van der Waals surface area contributed by atoms with E-state index in [1.54, 1.807) is 24.4 Å². The summed E-state index contributed by atoms with van der Waals surface area (Å²) in [5.41, 5.74) is 3.15. The Morgan fingerprint density at radius 1 is 1.44 bits per heavy atom. The molecular weight excluding hydrogens is 300 g/mol. The van der Waals surface area contributed by atoms with Gasteiger partial charge in [0, 0.05) is 17.8 Å². The van der Waals surface area contributed by atoms with Crippen molar-refractivity contribution in [3.8, 4) is 22.9 Å². The highest BCUT2D eigenvalue weighted by molar-refractivity contribution is 9.10. The minimum Gasteiger partial charge on any atom is -0.503 e. The Balaban J connectivity index is 2.53. The van der Waals surface area contributed by atoms with E-state index in [-0.39, 0.29) is 5.75 Å². The summed E-state index contributed by atoms with van der Waals surface area (Å²) in [4.78, 5) is 8.34. The summed E-state index contributed by atoms with van der Waals surface area (Å²) >= 11 is 3.24. The lowest BCUT2D eigenvalue weighted by Crippen LogP contribution is -2.09. The summed E-state index contributed by atoms with van der Waals surface area (Å²) < 4.78 is 5.57. The number of phenols is 1. The molecule has 6 nitrogen and oxygen atoms in total. The van der Waals surface area contributed by atoms with E-state index >= 15 is 0 Å². The van der Waals surface area contributed by atoms with Gasteiger partial charge in [-0.2, -0.15) is 0 Å². The third kappa shape index (κ3) is 2.36. The van der Waals surface area contributed by atoms with Gasteiger partial charge in [-0.15, -0.1) is 0 Å². The molecule has 1 heterocycles. The third-order valence-electron chi connectivity index (χ3n) is 2.31. The molecule has 0 radical (unpaired) electrons. The summed E-state index contributed by atoms with van der Waals surface area (Å²) in [5.74, 6) is 6.65. The lowest BCUT2D eigenvalue weighted by Gasteiger charge is -2.08. The molecule has 2 aromatic rings. The van der Waals surface area contributed by atoms with E-state index in [1.807, 2.05) is 0 Å². The van der Waals surface area contributed by atoms with Crippen molar-refractivity contribution in [1.82, 2.24) is 9.97 Å². The second kappa shape index (κ2) is 5.19. The zero-order valence-corrected chi connectivity index (χ0v) is 11.1. The number of hydrogen-bond donors (Lipinski definition) is 3. The number of ether oxygens (including phenoxy) is 1. The molecule has 2 rings (SSSR count). The molecule has 4 N–H and O–H groups in total. The monoisotopic (exact) mass is 310 g/mol. The minimum atomic E-state index is 0.0364. The van der Waals surface area contributed by atoms with Gasteiger partial charge in [-0.1, -0.05) is 0 Å². The summed E-state index contributed by atoms with van der Waals surface area (Å²) in [7, 11) is 1.48. The Hall–Kier alpha value is -1.86. The molecule has 0 bridgehead atoms. The van der Waals surface area contributed by atoms with Gasteiger partial charge >= 0.3 is 0 Å². The van der Waals surface area contributed by atoms with Crippen LogP contribution in [-0.2, 0) is 0 Å². The highest BCUT2D eigenvalue weighted by Crippen LogP contribution is 2.37. The lowest BCUT2D eigenvalue weighted by molar-refractivity contribution is 0.372. The fourth-order valence-electron chi connectivity index (χ4n) is 1.44. The second-order valence-electron chi connectivity index (χ2n) is 3.42. The highest BCUT2D eigenvalue weighted by Gasteiger charge is 2.11. The van der Waals surface area contributed by atoms with E-state index in [1.165, 1.54) is 7.11 Å². The predicted molar refractivity (Wildman–Crippen MR) is 71.2 cm³/mol. The van der Waals surface area contributed by atoms with Crippen LogP contribution in [0.25, 0.3) is 11.4 Å². The first kappa shape index (κ1) is 12.6. The van der Waals surface area contributed by atoms with Crippen molar-refractivity contribution >= 4 is 21.7 Å². The number of hydrogen-bond acceptors (Lipinski definition) is 6. The van der Waals surface area contributed by atoms with Crippen molar-refractivity contribution in [3.05, 3.63) is 28.9 Å². The summed E-state index contributed by atoms with van der Waals surface area (Å²) in [6, 6.07) is 5.00. The van der Waals surface area contributed by atoms with E-state index in [4.69, 9.17) is 10.6 Å². The zero-order valence-electron chi connectivity index (χ0n) is 9.51. The molecule has 94 valence electrons. The Morgan fingerprint density at radius 2 is 2.22 bits per heavy atom. The van der Waals surface area contributed by atoms with E-state index in [2.05, 4.69) is 31.3 Å². The Kier molecular flexibility index (Phi) is 3.63. The van der Waals surface area contributed by atoms with Crippen molar-refractivity contribution in [2.45, 2.75) is 0 Å². The van der Waals surface area contributed by atoms with Crippen LogP contribution in [0.5, 0.6) is 11.5 Å². The SMILES string of the molecule is COc1cc(-c2nccc(NN)n2)cc(Br)c1O. The molecule has 0 aliphatic heterocycles. The number of nitrogen functional groups attached to an aromatic ring is 1. The number of methoxy groups -OCH3 is 1. The van der Waals surface area contributed by atoms with Crippen LogP contribution in [0, 0.1) is 0 Å². The van der Waals surface area contributed by atoms with Crippen LogP contribution in [-0.4, -0.2) is 22.2 Å². The largest absolute Gasteiger partial charge is 0.503 e. The number of hydrazine groups is 1. The smallest absolute Gasteiger partial charge is 0.172 e. The molecule has 0 atom stereocenters. The number of nitrogens with zero attached hydrogens (tertiary/aromatic N) is 2. The average Bonchev–Trinajstić information content (AvgIpc) is 2.41. The van der Waals surface area contributed by atoms with Crippen molar-refractivity contribution in [1.29, 1.82) is 0 Å². The van der Waals surface area contributed by atoms with Gasteiger partial charge in [0.25, 0.3) is 0 Å². The van der Waals surface area contributed by atoms with Crippen molar-refractivity contribution in [2.24, 2.45) is 5.84 Å². The number of rotatable bonds is 3. The molecule has 0 saturated carbocycles. The molecule has 0 amide bonds. The first-order valence-electron chi connectivity index (χ1n) is 5.02. The quantitative estimate of drug-likeness (QED) is 0.592.